The van der Waals surface area contributed by atoms with Crippen LogP contribution in [0.15, 0.2) is 54.6 Å². The predicted molar refractivity (Wildman–Crippen MR) is 165 cm³/mol. The largest absolute Gasteiger partial charge is 0.458 e. The Hall–Kier alpha value is -4.08. The molecule has 2 aromatic carbocycles. The lowest BCUT2D eigenvalue weighted by Crippen LogP contribution is -2.25. The summed E-state index contributed by atoms with van der Waals surface area (Å²) in [6.45, 7) is 1.83. The van der Waals surface area contributed by atoms with Crippen molar-refractivity contribution in [2.24, 2.45) is 17.8 Å². The van der Waals surface area contributed by atoms with E-state index in [0.717, 1.165) is 48.1 Å². The Morgan fingerprint density at radius 1 is 0.795 bits per heavy atom. The summed E-state index contributed by atoms with van der Waals surface area (Å²) in [5.74, 6) is 1.92. The number of nitro groups is 2. The number of hydrogen-bond donors (Lipinski definition) is 0. The van der Waals surface area contributed by atoms with Crippen molar-refractivity contribution in [2.45, 2.75) is 96.5 Å². The number of nitro benzene ring substituents is 2. The molecule has 0 saturated heterocycles. The van der Waals surface area contributed by atoms with Gasteiger partial charge in [0.15, 0.2) is 0 Å². The fourth-order valence-electron chi connectivity index (χ4n) is 6.80. The zero-order valence-electron chi connectivity index (χ0n) is 25.4. The van der Waals surface area contributed by atoms with Gasteiger partial charge in [0, 0.05) is 29.8 Å². The van der Waals surface area contributed by atoms with E-state index in [2.05, 4.69) is 6.92 Å². The van der Waals surface area contributed by atoms with Crippen LogP contribution in [-0.2, 0) is 20.9 Å². The molecule has 0 heterocycles. The maximum Gasteiger partial charge on any atom is 0.336 e. The molecular weight excluding hydrogens is 564 g/mol. The zero-order valence-corrected chi connectivity index (χ0v) is 25.4. The number of carbonyl (C=O) groups is 2. The number of non-ortho nitro benzene ring substituents is 2. The first-order valence-corrected chi connectivity index (χ1v) is 15.8. The smallest absolute Gasteiger partial charge is 0.336 e. The number of unbranched alkanes of at least 4 members (excludes halogenated alkanes) is 2. The molecule has 0 aliphatic heterocycles. The van der Waals surface area contributed by atoms with Gasteiger partial charge in [0.2, 0.25) is 0 Å². The van der Waals surface area contributed by atoms with Gasteiger partial charge in [-0.2, -0.15) is 0 Å². The van der Waals surface area contributed by atoms with Crippen molar-refractivity contribution in [1.82, 2.24) is 0 Å². The second-order valence-electron chi connectivity index (χ2n) is 12.2. The second-order valence-corrected chi connectivity index (χ2v) is 12.2. The summed E-state index contributed by atoms with van der Waals surface area (Å²) in [6, 6.07) is 10.5. The Morgan fingerprint density at radius 2 is 1.36 bits per heavy atom. The van der Waals surface area contributed by atoms with Crippen LogP contribution in [0, 0.1) is 38.0 Å². The van der Waals surface area contributed by atoms with Crippen molar-refractivity contribution < 1.29 is 28.9 Å². The van der Waals surface area contributed by atoms with Crippen molar-refractivity contribution in [2.75, 3.05) is 0 Å². The first-order valence-electron chi connectivity index (χ1n) is 15.8. The van der Waals surface area contributed by atoms with Crippen LogP contribution in [0.2, 0.25) is 0 Å². The minimum atomic E-state index is -0.901. The van der Waals surface area contributed by atoms with Crippen molar-refractivity contribution in [1.29, 1.82) is 0 Å². The van der Waals surface area contributed by atoms with Crippen LogP contribution in [0.5, 0.6) is 5.75 Å². The van der Waals surface area contributed by atoms with Gasteiger partial charge in [-0.1, -0.05) is 57.6 Å². The average molecular weight is 607 g/mol. The molecule has 2 aromatic rings. The number of hydrogen-bond acceptors (Lipinski definition) is 8. The monoisotopic (exact) mass is 606 g/mol. The first kappa shape index (κ1) is 32.8. The fraction of sp³-hybridized carbons (Fsp3) is 0.529. The average Bonchev–Trinajstić information content (AvgIpc) is 3.03. The molecule has 10 heteroatoms. The molecule has 2 saturated carbocycles. The molecule has 4 rings (SSSR count). The van der Waals surface area contributed by atoms with E-state index in [1.165, 1.54) is 82.6 Å². The highest BCUT2D eigenvalue weighted by molar-refractivity contribution is 5.92. The number of ether oxygens (including phenoxy) is 2. The fourth-order valence-corrected chi connectivity index (χ4v) is 6.80. The zero-order chi connectivity index (χ0) is 31.5. The molecule has 0 bridgehead atoms. The Morgan fingerprint density at radius 3 is 1.93 bits per heavy atom. The molecule has 2 fully saturated rings. The van der Waals surface area contributed by atoms with Gasteiger partial charge in [0.25, 0.3) is 11.4 Å². The van der Waals surface area contributed by atoms with Crippen molar-refractivity contribution in [3.05, 3.63) is 86.0 Å². The molecule has 2 aliphatic carbocycles. The summed E-state index contributed by atoms with van der Waals surface area (Å²) < 4.78 is 10.3. The summed E-state index contributed by atoms with van der Waals surface area (Å²) in [6.07, 6.45) is 17.9. The molecule has 0 aromatic heterocycles. The molecule has 2 aliphatic rings. The number of benzene rings is 2. The van der Waals surface area contributed by atoms with E-state index < -0.39 is 39.8 Å². The third kappa shape index (κ3) is 9.72. The van der Waals surface area contributed by atoms with Gasteiger partial charge in [-0.3, -0.25) is 20.2 Å². The molecule has 0 spiro atoms. The molecule has 0 amide bonds. The normalized spacial score (nSPS) is 21.9. The highest BCUT2D eigenvalue weighted by Gasteiger charge is 2.31. The van der Waals surface area contributed by atoms with Gasteiger partial charge in [0.05, 0.1) is 15.9 Å². The van der Waals surface area contributed by atoms with Crippen LogP contribution >= 0.6 is 0 Å². The summed E-state index contributed by atoms with van der Waals surface area (Å²) in [7, 11) is 0. The van der Waals surface area contributed by atoms with Crippen molar-refractivity contribution in [3.63, 3.8) is 0 Å². The van der Waals surface area contributed by atoms with E-state index >= 15 is 0 Å². The highest BCUT2D eigenvalue weighted by Crippen LogP contribution is 2.44. The van der Waals surface area contributed by atoms with Crippen LogP contribution in [0.1, 0.15) is 101 Å². The maximum atomic E-state index is 12.2. The Bertz CT molecular complexity index is 1290. The summed E-state index contributed by atoms with van der Waals surface area (Å²) in [5.41, 5.74) is 0.342. The van der Waals surface area contributed by atoms with Gasteiger partial charge >= 0.3 is 11.9 Å². The predicted octanol–water partition coefficient (Wildman–Crippen LogP) is 8.37. The van der Waals surface area contributed by atoms with Gasteiger partial charge in [-0.25, -0.2) is 9.59 Å². The number of nitrogens with zero attached hydrogens (tertiary/aromatic N) is 2. The van der Waals surface area contributed by atoms with Gasteiger partial charge in [-0.15, -0.1) is 0 Å². The lowest BCUT2D eigenvalue weighted by atomic mass is 9.68. The Kier molecular flexibility index (Phi) is 12.0. The minimum absolute atomic E-state index is 0.0732. The van der Waals surface area contributed by atoms with Crippen LogP contribution < -0.4 is 4.74 Å². The molecular formula is C34H42N2O8. The second kappa shape index (κ2) is 16.1. The molecule has 10 nitrogen and oxygen atoms in total. The maximum absolute atomic E-state index is 12.2. The van der Waals surface area contributed by atoms with Crippen LogP contribution in [-0.4, -0.2) is 21.8 Å². The summed E-state index contributed by atoms with van der Waals surface area (Å²) in [5, 5.41) is 22.0. The number of rotatable bonds is 13. The highest BCUT2D eigenvalue weighted by atomic mass is 16.6. The third-order valence-electron chi connectivity index (χ3n) is 9.24. The van der Waals surface area contributed by atoms with Crippen molar-refractivity contribution in [3.8, 4) is 5.75 Å². The lowest BCUT2D eigenvalue weighted by molar-refractivity contribution is -0.394. The molecule has 236 valence electrons. The van der Waals surface area contributed by atoms with Gasteiger partial charge in [-0.05, 0) is 79.9 Å². The molecule has 0 N–H and O–H groups in total. The van der Waals surface area contributed by atoms with Crippen LogP contribution in [0.4, 0.5) is 11.4 Å². The quantitative estimate of drug-likeness (QED) is 0.0553. The Balaban J connectivity index is 1.18. The SMILES string of the molecule is CCCCCC1CCC(C2CCC(c3ccc(OC(=O)C=CC(=O)OCc4cc([N+](=O)[O-])cc([N+](=O)[O-])c4)cc3)CC2)CC1. The Labute approximate surface area is 258 Å². The van der Waals surface area contributed by atoms with E-state index in [4.69, 9.17) is 9.47 Å². The van der Waals surface area contributed by atoms with Gasteiger partial charge in [0.1, 0.15) is 12.4 Å². The standard InChI is InChI=1S/C34H42N2O8/c1-2-3-4-5-24-6-8-26(9-7-24)27-10-12-28(13-11-27)29-14-16-32(17-15-29)44-34(38)19-18-33(37)43-23-25-20-30(35(39)40)22-31(21-25)36(41)42/h14-22,24,26-28H,2-13,23H2,1H3. The topological polar surface area (TPSA) is 139 Å². The minimum Gasteiger partial charge on any atom is -0.458 e. The number of carbonyl (C=O) groups excluding carboxylic acids is 2. The summed E-state index contributed by atoms with van der Waals surface area (Å²) in [4.78, 5) is 44.7. The van der Waals surface area contributed by atoms with Crippen LogP contribution in [0.3, 0.4) is 0 Å². The molecule has 0 unspecified atom stereocenters. The van der Waals surface area contributed by atoms with E-state index in [1.54, 1.807) is 12.1 Å². The van der Waals surface area contributed by atoms with Crippen molar-refractivity contribution >= 4 is 23.3 Å². The lowest BCUT2D eigenvalue weighted by Gasteiger charge is -2.38. The molecule has 0 radical (unpaired) electrons. The van der Waals surface area contributed by atoms with E-state index in [-0.39, 0.29) is 5.56 Å². The van der Waals surface area contributed by atoms with E-state index in [1.807, 2.05) is 12.1 Å². The third-order valence-corrected chi connectivity index (χ3v) is 9.24. The first-order chi connectivity index (χ1) is 21.2. The summed E-state index contributed by atoms with van der Waals surface area (Å²) >= 11 is 0. The van der Waals surface area contributed by atoms with E-state index in [0.29, 0.717) is 11.7 Å². The number of esters is 2. The molecule has 44 heavy (non-hydrogen) atoms. The molecule has 0 atom stereocenters. The van der Waals surface area contributed by atoms with Crippen LogP contribution in [0.25, 0.3) is 0 Å². The van der Waals surface area contributed by atoms with E-state index in [9.17, 15) is 29.8 Å². The van der Waals surface area contributed by atoms with Gasteiger partial charge < -0.3 is 9.47 Å².